The first-order chi connectivity index (χ1) is 6.83. The summed E-state index contributed by atoms with van der Waals surface area (Å²) in [6.07, 6.45) is 1.98. The average molecular weight is 236 g/mol. The molecule has 0 bridgehead atoms. The summed E-state index contributed by atoms with van der Waals surface area (Å²) in [4.78, 5) is 20.5. The van der Waals surface area contributed by atoms with Crippen LogP contribution in [0, 0.1) is 12.3 Å². The fourth-order valence-electron chi connectivity index (χ4n) is 1.26. The number of rotatable bonds is 3. The van der Waals surface area contributed by atoms with E-state index in [0.717, 1.165) is 0 Å². The van der Waals surface area contributed by atoms with E-state index in [2.05, 4.69) is 4.52 Å². The van der Waals surface area contributed by atoms with Crippen molar-refractivity contribution >= 4 is 7.82 Å². The second-order valence-corrected chi connectivity index (χ2v) is 4.15. The molecule has 0 amide bonds. The van der Waals surface area contributed by atoms with E-state index in [1.54, 1.807) is 0 Å². The number of ether oxygens (including phenoxy) is 1. The summed E-state index contributed by atoms with van der Waals surface area (Å²) < 4.78 is 19.0. The standard InChI is InChI=1S/C7H11O7P/c1-2-7(4-8)5(9)3-6(13-7)14-15(10,11)12/h1,5-6,8-9H,3-4H2,(H2,10,11,12)/p-2/t5-,6?,7+/m0/s1. The fourth-order valence-corrected chi connectivity index (χ4v) is 1.68. The Bertz CT molecular complexity index is 318. The molecule has 1 heterocycles. The zero-order chi connectivity index (χ0) is 11.7. The number of phosphoric ester groups is 1. The van der Waals surface area contributed by atoms with Crippen LogP contribution in [-0.4, -0.2) is 34.8 Å². The molecule has 0 aliphatic carbocycles. The van der Waals surface area contributed by atoms with Gasteiger partial charge in [0.2, 0.25) is 0 Å². The van der Waals surface area contributed by atoms with Crippen LogP contribution in [0.5, 0.6) is 0 Å². The van der Waals surface area contributed by atoms with Crippen molar-refractivity contribution in [3.63, 3.8) is 0 Å². The van der Waals surface area contributed by atoms with Gasteiger partial charge in [-0.1, -0.05) is 5.92 Å². The van der Waals surface area contributed by atoms with Crippen molar-refractivity contribution < 1.29 is 33.8 Å². The molecule has 8 heteroatoms. The topological polar surface area (TPSA) is 122 Å². The summed E-state index contributed by atoms with van der Waals surface area (Å²) in [5.41, 5.74) is -1.71. The Morgan fingerprint density at radius 2 is 2.33 bits per heavy atom. The number of hydrogen-bond donors (Lipinski definition) is 2. The molecule has 7 nitrogen and oxygen atoms in total. The lowest BCUT2D eigenvalue weighted by atomic mass is 9.99. The van der Waals surface area contributed by atoms with Crippen molar-refractivity contribution in [1.29, 1.82) is 0 Å². The first kappa shape index (κ1) is 12.6. The number of terminal acetylenes is 1. The Kier molecular flexibility index (Phi) is 3.53. The first-order valence-electron chi connectivity index (χ1n) is 3.98. The van der Waals surface area contributed by atoms with Crippen LogP contribution in [0.1, 0.15) is 6.42 Å². The molecular weight excluding hydrogens is 227 g/mol. The van der Waals surface area contributed by atoms with Gasteiger partial charge >= 0.3 is 0 Å². The SMILES string of the molecule is C#C[C@]1(CO)OC(OP(=O)([O-])[O-])C[C@@H]1O. The minimum Gasteiger partial charge on any atom is -0.790 e. The highest BCUT2D eigenvalue weighted by Crippen LogP contribution is 2.37. The molecule has 1 unspecified atom stereocenters. The third-order valence-electron chi connectivity index (χ3n) is 2.02. The molecule has 1 aliphatic rings. The molecule has 1 aliphatic heterocycles. The normalized spacial score (nSPS) is 36.5. The van der Waals surface area contributed by atoms with Crippen LogP contribution < -0.4 is 9.79 Å². The van der Waals surface area contributed by atoms with Gasteiger partial charge in [0.25, 0.3) is 0 Å². The first-order valence-corrected chi connectivity index (χ1v) is 5.44. The molecule has 0 radical (unpaired) electrons. The maximum absolute atomic E-state index is 10.3. The molecule has 0 aromatic carbocycles. The van der Waals surface area contributed by atoms with Crippen LogP contribution in [0.4, 0.5) is 0 Å². The minimum absolute atomic E-state index is 0.292. The van der Waals surface area contributed by atoms with Crippen LogP contribution in [0.25, 0.3) is 0 Å². The molecule has 2 N–H and O–H groups in total. The highest BCUT2D eigenvalue weighted by molar-refractivity contribution is 7.43. The van der Waals surface area contributed by atoms with Crippen LogP contribution in [0.2, 0.25) is 0 Å². The lowest BCUT2D eigenvalue weighted by Gasteiger charge is -2.32. The van der Waals surface area contributed by atoms with Gasteiger partial charge in [-0.2, -0.15) is 0 Å². The van der Waals surface area contributed by atoms with E-state index in [0.29, 0.717) is 0 Å². The van der Waals surface area contributed by atoms with E-state index in [1.807, 2.05) is 5.92 Å². The van der Waals surface area contributed by atoms with E-state index in [4.69, 9.17) is 16.3 Å². The van der Waals surface area contributed by atoms with Gasteiger partial charge in [0, 0.05) is 6.42 Å². The fraction of sp³-hybridized carbons (Fsp3) is 0.714. The highest BCUT2D eigenvalue weighted by atomic mass is 31.2. The molecule has 1 fully saturated rings. The van der Waals surface area contributed by atoms with Gasteiger partial charge in [-0.05, 0) is 0 Å². The van der Waals surface area contributed by atoms with Crippen molar-refractivity contribution in [1.82, 2.24) is 0 Å². The summed E-state index contributed by atoms with van der Waals surface area (Å²) in [6.45, 7) is -0.702. The van der Waals surface area contributed by atoms with Gasteiger partial charge in [0.15, 0.2) is 11.9 Å². The molecule has 0 aromatic rings. The summed E-state index contributed by atoms with van der Waals surface area (Å²) in [5, 5.41) is 18.3. The van der Waals surface area contributed by atoms with Crippen molar-refractivity contribution in [2.45, 2.75) is 24.4 Å². The van der Waals surface area contributed by atoms with Gasteiger partial charge in [-0.3, -0.25) is 0 Å². The van der Waals surface area contributed by atoms with Crippen molar-refractivity contribution in [2.24, 2.45) is 0 Å². The Hall–Kier alpha value is -0.450. The number of aliphatic hydroxyl groups excluding tert-OH is 2. The Balaban J connectivity index is 2.72. The van der Waals surface area contributed by atoms with Crippen LogP contribution in [0.3, 0.4) is 0 Å². The molecule has 1 rings (SSSR count). The lowest BCUT2D eigenvalue weighted by molar-refractivity contribution is -0.352. The molecule has 86 valence electrons. The van der Waals surface area contributed by atoms with Crippen molar-refractivity contribution in [3.05, 3.63) is 0 Å². The predicted octanol–water partition coefficient (Wildman–Crippen LogP) is -2.70. The monoisotopic (exact) mass is 236 g/mol. The van der Waals surface area contributed by atoms with E-state index in [-0.39, 0.29) is 6.42 Å². The third kappa shape index (κ3) is 2.77. The second-order valence-electron chi connectivity index (χ2n) is 3.04. The molecular formula is C7H9O7P-2. The Morgan fingerprint density at radius 3 is 2.67 bits per heavy atom. The summed E-state index contributed by atoms with van der Waals surface area (Å²) in [6, 6.07) is 0. The van der Waals surface area contributed by atoms with E-state index in [1.165, 1.54) is 0 Å². The van der Waals surface area contributed by atoms with E-state index < -0.39 is 32.4 Å². The zero-order valence-electron chi connectivity index (χ0n) is 7.53. The van der Waals surface area contributed by atoms with Crippen LogP contribution in [-0.2, 0) is 13.8 Å². The van der Waals surface area contributed by atoms with Crippen LogP contribution in [0.15, 0.2) is 0 Å². The predicted molar refractivity (Wildman–Crippen MR) is 42.8 cm³/mol. The van der Waals surface area contributed by atoms with Gasteiger partial charge in [0.1, 0.15) is 6.10 Å². The smallest absolute Gasteiger partial charge is 0.180 e. The number of phosphoric acid groups is 1. The largest absolute Gasteiger partial charge is 0.790 e. The molecule has 3 atom stereocenters. The highest BCUT2D eigenvalue weighted by Gasteiger charge is 2.47. The van der Waals surface area contributed by atoms with Crippen LogP contribution >= 0.6 is 7.82 Å². The van der Waals surface area contributed by atoms with Gasteiger partial charge in [-0.25, -0.2) is 0 Å². The maximum atomic E-state index is 10.3. The molecule has 1 saturated heterocycles. The molecule has 0 aromatic heterocycles. The lowest BCUT2D eigenvalue weighted by Crippen LogP contribution is -2.41. The van der Waals surface area contributed by atoms with E-state index >= 15 is 0 Å². The molecule has 0 saturated carbocycles. The summed E-state index contributed by atoms with van der Waals surface area (Å²) in [7, 11) is -5.21. The molecule has 15 heavy (non-hydrogen) atoms. The summed E-state index contributed by atoms with van der Waals surface area (Å²) in [5.74, 6) is 2.00. The average Bonchev–Trinajstić information content (AvgIpc) is 2.40. The number of hydrogen-bond acceptors (Lipinski definition) is 7. The van der Waals surface area contributed by atoms with Crippen molar-refractivity contribution in [3.8, 4) is 12.3 Å². The third-order valence-corrected chi connectivity index (χ3v) is 2.51. The zero-order valence-corrected chi connectivity index (χ0v) is 8.42. The Morgan fingerprint density at radius 1 is 1.73 bits per heavy atom. The van der Waals surface area contributed by atoms with E-state index in [9.17, 15) is 19.5 Å². The van der Waals surface area contributed by atoms with Gasteiger partial charge in [0.05, 0.1) is 14.4 Å². The maximum Gasteiger partial charge on any atom is 0.180 e. The second kappa shape index (κ2) is 4.20. The number of aliphatic hydroxyl groups is 2. The minimum atomic E-state index is -5.21. The quantitative estimate of drug-likeness (QED) is 0.404. The van der Waals surface area contributed by atoms with Crippen molar-refractivity contribution in [2.75, 3.05) is 6.61 Å². The van der Waals surface area contributed by atoms with Gasteiger partial charge in [-0.15, -0.1) is 6.42 Å². The molecule has 0 spiro atoms. The Labute approximate surface area is 85.9 Å². The summed E-state index contributed by atoms with van der Waals surface area (Å²) >= 11 is 0. The van der Waals surface area contributed by atoms with Gasteiger partial charge < -0.3 is 33.8 Å².